The third kappa shape index (κ3) is 3.02. The molecule has 0 aromatic heterocycles. The van der Waals surface area contributed by atoms with Crippen molar-refractivity contribution >= 4 is 17.7 Å². The molecule has 3 fully saturated rings. The Morgan fingerprint density at radius 2 is 2.17 bits per heavy atom. The van der Waals surface area contributed by atoms with Gasteiger partial charge in [-0.15, -0.1) is 0 Å². The summed E-state index contributed by atoms with van der Waals surface area (Å²) in [5.41, 5.74) is 0. The van der Waals surface area contributed by atoms with Crippen molar-refractivity contribution in [3.8, 4) is 0 Å². The van der Waals surface area contributed by atoms with Gasteiger partial charge in [-0.25, -0.2) is 0 Å². The summed E-state index contributed by atoms with van der Waals surface area (Å²) >= 11 is 1.95. The Morgan fingerprint density at radius 3 is 2.78 bits per heavy atom. The minimum Gasteiger partial charge on any atom is -0.339 e. The molecule has 0 radical (unpaired) electrons. The van der Waals surface area contributed by atoms with Crippen molar-refractivity contribution in [3.05, 3.63) is 0 Å². The van der Waals surface area contributed by atoms with Crippen molar-refractivity contribution in [2.45, 2.75) is 38.1 Å². The fraction of sp³-hybridized carbons (Fsp3) is 0.929. The first-order chi connectivity index (χ1) is 8.84. The summed E-state index contributed by atoms with van der Waals surface area (Å²) in [6.07, 6.45) is 6.16. The van der Waals surface area contributed by atoms with Crippen molar-refractivity contribution in [2.75, 3.05) is 31.1 Å². The lowest BCUT2D eigenvalue weighted by atomic mass is 9.98. The van der Waals surface area contributed by atoms with E-state index in [0.717, 1.165) is 31.8 Å². The van der Waals surface area contributed by atoms with E-state index in [4.69, 9.17) is 0 Å². The Morgan fingerprint density at radius 1 is 1.28 bits per heavy atom. The van der Waals surface area contributed by atoms with Crippen LogP contribution in [-0.4, -0.2) is 48.0 Å². The fourth-order valence-electron chi connectivity index (χ4n) is 3.13. The summed E-state index contributed by atoms with van der Waals surface area (Å²) in [5.74, 6) is 3.72. The fourth-order valence-corrected chi connectivity index (χ4v) is 4.34. The molecule has 1 saturated carbocycles. The zero-order chi connectivity index (χ0) is 12.4. The number of piperidine rings is 1. The van der Waals surface area contributed by atoms with Gasteiger partial charge in [0.05, 0.1) is 0 Å². The number of hydrogen-bond donors (Lipinski definition) is 1. The molecular weight excluding hydrogens is 244 g/mol. The van der Waals surface area contributed by atoms with Crippen molar-refractivity contribution in [1.29, 1.82) is 0 Å². The van der Waals surface area contributed by atoms with Gasteiger partial charge in [-0.05, 0) is 56.9 Å². The van der Waals surface area contributed by atoms with Gasteiger partial charge < -0.3 is 10.2 Å². The molecule has 1 amide bonds. The summed E-state index contributed by atoms with van der Waals surface area (Å²) in [5, 5.41) is 3.47. The van der Waals surface area contributed by atoms with E-state index in [2.05, 4.69) is 10.2 Å². The van der Waals surface area contributed by atoms with E-state index in [-0.39, 0.29) is 0 Å². The highest BCUT2D eigenvalue weighted by Crippen LogP contribution is 2.33. The van der Waals surface area contributed by atoms with Gasteiger partial charge in [-0.2, -0.15) is 11.8 Å². The Labute approximate surface area is 114 Å². The van der Waals surface area contributed by atoms with Crippen LogP contribution in [0.5, 0.6) is 0 Å². The predicted octanol–water partition coefficient (Wildman–Crippen LogP) is 1.73. The van der Waals surface area contributed by atoms with Gasteiger partial charge in [0.25, 0.3) is 0 Å². The minimum atomic E-state index is 0.326. The predicted molar refractivity (Wildman–Crippen MR) is 75.8 cm³/mol. The van der Waals surface area contributed by atoms with Gasteiger partial charge in [-0.3, -0.25) is 4.79 Å². The lowest BCUT2D eigenvalue weighted by Gasteiger charge is -2.31. The molecule has 2 saturated heterocycles. The molecular formula is C14H24N2OS. The zero-order valence-corrected chi connectivity index (χ0v) is 11.9. The quantitative estimate of drug-likeness (QED) is 0.843. The molecule has 2 aliphatic heterocycles. The van der Waals surface area contributed by atoms with Crippen LogP contribution in [0.3, 0.4) is 0 Å². The molecule has 1 aliphatic carbocycles. The number of hydrogen-bond acceptors (Lipinski definition) is 3. The smallest absolute Gasteiger partial charge is 0.226 e. The van der Waals surface area contributed by atoms with E-state index in [1.165, 1.54) is 31.4 Å². The van der Waals surface area contributed by atoms with E-state index in [1.54, 1.807) is 0 Å². The van der Waals surface area contributed by atoms with Crippen LogP contribution in [0, 0.1) is 11.8 Å². The summed E-state index contributed by atoms with van der Waals surface area (Å²) < 4.78 is 0. The number of carbonyl (C=O) groups is 1. The van der Waals surface area contributed by atoms with Gasteiger partial charge in [0.1, 0.15) is 0 Å². The summed E-state index contributed by atoms with van der Waals surface area (Å²) in [7, 11) is 0. The highest BCUT2D eigenvalue weighted by atomic mass is 32.2. The normalized spacial score (nSPS) is 32.4. The molecule has 2 unspecified atom stereocenters. The van der Waals surface area contributed by atoms with Crippen molar-refractivity contribution in [1.82, 2.24) is 10.2 Å². The first-order valence-corrected chi connectivity index (χ1v) is 8.59. The summed E-state index contributed by atoms with van der Waals surface area (Å²) in [4.78, 5) is 14.8. The van der Waals surface area contributed by atoms with Crippen LogP contribution in [-0.2, 0) is 4.79 Å². The highest BCUT2D eigenvalue weighted by Gasteiger charge is 2.37. The molecule has 0 aromatic carbocycles. The maximum Gasteiger partial charge on any atom is 0.226 e. The monoisotopic (exact) mass is 268 g/mol. The summed E-state index contributed by atoms with van der Waals surface area (Å²) in [6.45, 7) is 3.28. The second-order valence-electron chi connectivity index (χ2n) is 5.99. The molecule has 0 aromatic rings. The average molecular weight is 268 g/mol. The average Bonchev–Trinajstić information content (AvgIpc) is 3.10. The number of nitrogens with zero attached hydrogens (tertiary/aromatic N) is 1. The van der Waals surface area contributed by atoms with E-state index in [9.17, 15) is 4.79 Å². The van der Waals surface area contributed by atoms with Crippen LogP contribution in [0.1, 0.15) is 32.1 Å². The van der Waals surface area contributed by atoms with Crippen LogP contribution in [0.4, 0.5) is 0 Å². The molecule has 102 valence electrons. The lowest BCUT2D eigenvalue weighted by molar-refractivity contribution is -0.136. The van der Waals surface area contributed by atoms with Crippen LogP contribution in [0.15, 0.2) is 0 Å². The molecule has 3 aliphatic rings. The number of thioether (sulfide) groups is 1. The Bertz CT molecular complexity index is 294. The number of nitrogens with one attached hydrogen (secondary N) is 1. The number of amides is 1. The van der Waals surface area contributed by atoms with Crippen molar-refractivity contribution < 1.29 is 4.79 Å². The Kier molecular flexibility index (Phi) is 4.14. The van der Waals surface area contributed by atoms with Crippen molar-refractivity contribution in [3.63, 3.8) is 0 Å². The molecule has 3 rings (SSSR count). The van der Waals surface area contributed by atoms with E-state index < -0.39 is 0 Å². The maximum atomic E-state index is 12.6. The largest absolute Gasteiger partial charge is 0.339 e. The van der Waals surface area contributed by atoms with Crippen LogP contribution < -0.4 is 5.32 Å². The Hall–Kier alpha value is -0.220. The standard InChI is InChI=1S/C14H24N2OS/c17-14(12-5-7-18-10-12)16(13-3-4-13)9-11-2-1-6-15-8-11/h11-13,15H,1-10H2. The maximum absolute atomic E-state index is 12.6. The second kappa shape index (κ2) is 5.83. The number of carbonyl (C=O) groups excluding carboxylic acids is 1. The zero-order valence-electron chi connectivity index (χ0n) is 11.1. The van der Waals surface area contributed by atoms with Crippen LogP contribution >= 0.6 is 11.8 Å². The molecule has 2 atom stereocenters. The molecule has 4 heteroatoms. The first-order valence-electron chi connectivity index (χ1n) is 7.43. The van der Waals surface area contributed by atoms with Gasteiger partial charge in [0.2, 0.25) is 5.91 Å². The molecule has 1 N–H and O–H groups in total. The molecule has 0 bridgehead atoms. The minimum absolute atomic E-state index is 0.326. The van der Waals surface area contributed by atoms with E-state index >= 15 is 0 Å². The number of rotatable bonds is 4. The van der Waals surface area contributed by atoms with Crippen molar-refractivity contribution in [2.24, 2.45) is 11.8 Å². The molecule has 18 heavy (non-hydrogen) atoms. The van der Waals surface area contributed by atoms with Crippen LogP contribution in [0.25, 0.3) is 0 Å². The first kappa shape index (κ1) is 12.8. The highest BCUT2D eigenvalue weighted by molar-refractivity contribution is 7.99. The topological polar surface area (TPSA) is 32.3 Å². The lowest BCUT2D eigenvalue weighted by Crippen LogP contribution is -2.44. The SMILES string of the molecule is O=C(C1CCSC1)N(CC1CCCNC1)C1CC1. The second-order valence-corrected chi connectivity index (χ2v) is 7.14. The van der Waals surface area contributed by atoms with Gasteiger partial charge in [0.15, 0.2) is 0 Å². The van der Waals surface area contributed by atoms with E-state index in [0.29, 0.717) is 23.8 Å². The molecule has 3 nitrogen and oxygen atoms in total. The molecule has 2 heterocycles. The third-order valence-corrected chi connectivity index (χ3v) is 5.57. The van der Waals surface area contributed by atoms with E-state index in [1.807, 2.05) is 11.8 Å². The van der Waals surface area contributed by atoms with Gasteiger partial charge in [-0.1, -0.05) is 0 Å². The third-order valence-electron chi connectivity index (χ3n) is 4.40. The van der Waals surface area contributed by atoms with Gasteiger partial charge in [0, 0.05) is 24.3 Å². The molecule has 0 spiro atoms. The van der Waals surface area contributed by atoms with Crippen LogP contribution in [0.2, 0.25) is 0 Å². The van der Waals surface area contributed by atoms with Gasteiger partial charge >= 0.3 is 0 Å². The summed E-state index contributed by atoms with van der Waals surface area (Å²) in [6, 6.07) is 0.588. The Balaban J connectivity index is 1.58.